The van der Waals surface area contributed by atoms with Crippen LogP contribution in [0.15, 0.2) is 24.3 Å². The summed E-state index contributed by atoms with van der Waals surface area (Å²) < 4.78 is 5.20. The molecule has 1 aromatic carbocycles. The van der Waals surface area contributed by atoms with Gasteiger partial charge in [-0.3, -0.25) is 4.79 Å². The molecule has 0 radical (unpaired) electrons. The summed E-state index contributed by atoms with van der Waals surface area (Å²) >= 11 is 0. The van der Waals surface area contributed by atoms with Crippen molar-refractivity contribution in [3.63, 3.8) is 0 Å². The molecule has 0 bridgehead atoms. The SMILES string of the molecule is CCCCCC(CN(C)C)C(=O)c1cccc(OC)c1. The first kappa shape index (κ1) is 16.7. The van der Waals surface area contributed by atoms with E-state index in [9.17, 15) is 4.79 Å². The number of ketones is 1. The van der Waals surface area contributed by atoms with Gasteiger partial charge in [-0.05, 0) is 32.6 Å². The maximum atomic E-state index is 12.7. The Balaban J connectivity index is 2.79. The fraction of sp³-hybridized carbons (Fsp3) is 0.588. The van der Waals surface area contributed by atoms with Crippen molar-refractivity contribution in [1.82, 2.24) is 4.90 Å². The second-order valence-electron chi connectivity index (χ2n) is 5.55. The molecule has 1 atom stereocenters. The monoisotopic (exact) mass is 277 g/mol. The van der Waals surface area contributed by atoms with E-state index in [1.165, 1.54) is 12.8 Å². The van der Waals surface area contributed by atoms with E-state index < -0.39 is 0 Å². The van der Waals surface area contributed by atoms with Crippen molar-refractivity contribution in [1.29, 1.82) is 0 Å². The summed E-state index contributed by atoms with van der Waals surface area (Å²) in [4.78, 5) is 14.8. The van der Waals surface area contributed by atoms with Gasteiger partial charge in [0, 0.05) is 18.0 Å². The molecule has 0 amide bonds. The highest BCUT2D eigenvalue weighted by atomic mass is 16.5. The number of ether oxygens (including phenoxy) is 1. The van der Waals surface area contributed by atoms with Gasteiger partial charge in [-0.25, -0.2) is 0 Å². The van der Waals surface area contributed by atoms with Crippen molar-refractivity contribution in [3.8, 4) is 5.75 Å². The van der Waals surface area contributed by atoms with Gasteiger partial charge >= 0.3 is 0 Å². The summed E-state index contributed by atoms with van der Waals surface area (Å²) in [7, 11) is 5.67. The van der Waals surface area contributed by atoms with Crippen LogP contribution in [0, 0.1) is 5.92 Å². The van der Waals surface area contributed by atoms with E-state index in [2.05, 4.69) is 11.8 Å². The Hall–Kier alpha value is -1.35. The highest BCUT2D eigenvalue weighted by molar-refractivity contribution is 5.98. The molecule has 0 fully saturated rings. The number of nitrogens with zero attached hydrogens (tertiary/aromatic N) is 1. The molecule has 0 saturated carbocycles. The van der Waals surface area contributed by atoms with Gasteiger partial charge in [-0.1, -0.05) is 38.3 Å². The summed E-state index contributed by atoms with van der Waals surface area (Å²) in [5.41, 5.74) is 0.757. The summed E-state index contributed by atoms with van der Waals surface area (Å²) in [6, 6.07) is 7.47. The first-order chi connectivity index (χ1) is 9.58. The minimum absolute atomic E-state index is 0.0728. The fourth-order valence-electron chi connectivity index (χ4n) is 2.40. The summed E-state index contributed by atoms with van der Waals surface area (Å²) in [5.74, 6) is 1.05. The van der Waals surface area contributed by atoms with Gasteiger partial charge in [0.05, 0.1) is 7.11 Å². The number of carbonyl (C=O) groups excluding carboxylic acids is 1. The Labute approximate surface area is 122 Å². The molecule has 0 spiro atoms. The van der Waals surface area contributed by atoms with Crippen molar-refractivity contribution < 1.29 is 9.53 Å². The van der Waals surface area contributed by atoms with Crippen molar-refractivity contribution in [2.24, 2.45) is 5.92 Å². The van der Waals surface area contributed by atoms with Crippen LogP contribution >= 0.6 is 0 Å². The normalized spacial score (nSPS) is 12.4. The van der Waals surface area contributed by atoms with Crippen LogP contribution < -0.4 is 4.74 Å². The third-order valence-corrected chi connectivity index (χ3v) is 3.47. The lowest BCUT2D eigenvalue weighted by Gasteiger charge is -2.20. The molecule has 1 unspecified atom stereocenters. The molecule has 0 aliphatic rings. The van der Waals surface area contributed by atoms with Crippen molar-refractivity contribution >= 4 is 5.78 Å². The van der Waals surface area contributed by atoms with Crippen LogP contribution in [0.4, 0.5) is 0 Å². The second-order valence-corrected chi connectivity index (χ2v) is 5.55. The molecule has 0 aliphatic carbocycles. The first-order valence-electron chi connectivity index (χ1n) is 7.41. The van der Waals surface area contributed by atoms with Crippen LogP contribution in [-0.2, 0) is 0 Å². The molecule has 0 aliphatic heterocycles. The largest absolute Gasteiger partial charge is 0.497 e. The van der Waals surface area contributed by atoms with Gasteiger partial charge < -0.3 is 9.64 Å². The molecule has 3 heteroatoms. The van der Waals surface area contributed by atoms with Crippen LogP contribution in [-0.4, -0.2) is 38.4 Å². The van der Waals surface area contributed by atoms with Crippen molar-refractivity contribution in [2.45, 2.75) is 32.6 Å². The topological polar surface area (TPSA) is 29.5 Å². The number of hydrogen-bond acceptors (Lipinski definition) is 3. The van der Waals surface area contributed by atoms with E-state index in [4.69, 9.17) is 4.74 Å². The van der Waals surface area contributed by atoms with Crippen molar-refractivity contribution in [3.05, 3.63) is 29.8 Å². The lowest BCUT2D eigenvalue weighted by molar-refractivity contribution is 0.0887. The lowest BCUT2D eigenvalue weighted by atomic mass is 9.92. The standard InChI is InChI=1S/C17H27NO2/c1-5-6-7-9-15(13-18(2)3)17(19)14-10-8-11-16(12-14)20-4/h8,10-12,15H,5-7,9,13H2,1-4H3. The Kier molecular flexibility index (Phi) is 7.31. The van der Waals surface area contributed by atoms with E-state index in [1.807, 2.05) is 38.4 Å². The zero-order valence-corrected chi connectivity index (χ0v) is 13.2. The average molecular weight is 277 g/mol. The Morgan fingerprint density at radius 1 is 1.30 bits per heavy atom. The Morgan fingerprint density at radius 3 is 2.65 bits per heavy atom. The number of Topliss-reactive ketones (excluding diaryl/α,β-unsaturated/α-hetero) is 1. The summed E-state index contributed by atoms with van der Waals surface area (Å²) in [6.07, 6.45) is 4.45. The summed E-state index contributed by atoms with van der Waals surface area (Å²) in [6.45, 7) is 2.99. The Morgan fingerprint density at radius 2 is 2.05 bits per heavy atom. The molecule has 1 aromatic rings. The van der Waals surface area contributed by atoms with Crippen LogP contribution in [0.25, 0.3) is 0 Å². The lowest BCUT2D eigenvalue weighted by Crippen LogP contribution is -2.28. The number of carbonyl (C=O) groups is 1. The van der Waals surface area contributed by atoms with E-state index in [-0.39, 0.29) is 11.7 Å². The number of hydrogen-bond donors (Lipinski definition) is 0. The maximum absolute atomic E-state index is 12.7. The minimum Gasteiger partial charge on any atom is -0.497 e. The molecule has 0 heterocycles. The molecule has 3 nitrogen and oxygen atoms in total. The van der Waals surface area contributed by atoms with Gasteiger partial charge in [0.1, 0.15) is 5.75 Å². The highest BCUT2D eigenvalue weighted by Crippen LogP contribution is 2.20. The van der Waals surface area contributed by atoms with Crippen LogP contribution in [0.2, 0.25) is 0 Å². The quantitative estimate of drug-likeness (QED) is 0.510. The van der Waals surface area contributed by atoms with E-state index in [0.717, 1.165) is 30.7 Å². The zero-order chi connectivity index (χ0) is 15.0. The molecule has 20 heavy (non-hydrogen) atoms. The number of rotatable bonds is 9. The maximum Gasteiger partial charge on any atom is 0.167 e. The van der Waals surface area contributed by atoms with Gasteiger partial charge in [-0.15, -0.1) is 0 Å². The molecule has 112 valence electrons. The first-order valence-corrected chi connectivity index (χ1v) is 7.41. The second kappa shape index (κ2) is 8.75. The van der Waals surface area contributed by atoms with Gasteiger partial charge in [0.2, 0.25) is 0 Å². The van der Waals surface area contributed by atoms with Crippen LogP contribution in [0.3, 0.4) is 0 Å². The third kappa shape index (κ3) is 5.33. The smallest absolute Gasteiger partial charge is 0.167 e. The molecular formula is C17H27NO2. The third-order valence-electron chi connectivity index (χ3n) is 3.47. The van der Waals surface area contributed by atoms with Crippen molar-refractivity contribution in [2.75, 3.05) is 27.7 Å². The van der Waals surface area contributed by atoms with Gasteiger partial charge in [0.15, 0.2) is 5.78 Å². The Bertz CT molecular complexity index is 415. The molecule has 0 aromatic heterocycles. The average Bonchev–Trinajstić information content (AvgIpc) is 2.45. The fourth-order valence-corrected chi connectivity index (χ4v) is 2.40. The predicted octanol–water partition coefficient (Wildman–Crippen LogP) is 3.64. The van der Waals surface area contributed by atoms with E-state index in [0.29, 0.717) is 0 Å². The van der Waals surface area contributed by atoms with E-state index >= 15 is 0 Å². The molecular weight excluding hydrogens is 250 g/mol. The van der Waals surface area contributed by atoms with E-state index in [1.54, 1.807) is 7.11 Å². The van der Waals surface area contributed by atoms with Crippen LogP contribution in [0.1, 0.15) is 43.0 Å². The predicted molar refractivity (Wildman–Crippen MR) is 83.5 cm³/mol. The molecule has 0 saturated heterocycles. The molecule has 1 rings (SSSR count). The molecule has 0 N–H and O–H groups in total. The highest BCUT2D eigenvalue weighted by Gasteiger charge is 2.20. The minimum atomic E-state index is 0.0728. The van der Waals surface area contributed by atoms with Crippen LogP contribution in [0.5, 0.6) is 5.75 Å². The number of unbranched alkanes of at least 4 members (excludes halogenated alkanes) is 2. The van der Waals surface area contributed by atoms with Gasteiger partial charge in [0.25, 0.3) is 0 Å². The number of benzene rings is 1. The summed E-state index contributed by atoms with van der Waals surface area (Å²) in [5, 5.41) is 0. The zero-order valence-electron chi connectivity index (χ0n) is 13.2. The van der Waals surface area contributed by atoms with Gasteiger partial charge in [-0.2, -0.15) is 0 Å². The number of methoxy groups -OCH3 is 1.